The molecule has 1 fully saturated rings. The van der Waals surface area contributed by atoms with Gasteiger partial charge < -0.3 is 5.32 Å². The first kappa shape index (κ1) is 17.3. The van der Waals surface area contributed by atoms with Gasteiger partial charge >= 0.3 is 6.03 Å². The van der Waals surface area contributed by atoms with Gasteiger partial charge in [0.25, 0.3) is 5.91 Å². The first-order valence-electron chi connectivity index (χ1n) is 7.87. The molecule has 0 aliphatic carbocycles. The number of hydrogen-bond acceptors (Lipinski definition) is 4. The van der Waals surface area contributed by atoms with Gasteiger partial charge in [-0.2, -0.15) is 0 Å². The van der Waals surface area contributed by atoms with Crippen molar-refractivity contribution in [2.45, 2.75) is 25.8 Å². The van der Waals surface area contributed by atoms with Crippen molar-refractivity contribution in [3.05, 3.63) is 57.5 Å². The van der Waals surface area contributed by atoms with E-state index in [1.54, 1.807) is 13.0 Å². The minimum absolute atomic E-state index is 0.285. The van der Waals surface area contributed by atoms with Crippen molar-refractivity contribution in [2.24, 2.45) is 0 Å². The molecule has 3 amide bonds. The van der Waals surface area contributed by atoms with Crippen molar-refractivity contribution in [3.63, 3.8) is 0 Å². The van der Waals surface area contributed by atoms with Gasteiger partial charge in [0.2, 0.25) is 0 Å². The summed E-state index contributed by atoms with van der Waals surface area (Å²) in [5.74, 6) is -1.20. The van der Waals surface area contributed by atoms with E-state index in [1.165, 1.54) is 35.6 Å². The smallest absolute Gasteiger partial charge is 0.319 e. The van der Waals surface area contributed by atoms with Gasteiger partial charge in [-0.25, -0.2) is 9.18 Å². The van der Waals surface area contributed by atoms with Crippen LogP contribution >= 0.6 is 11.3 Å². The van der Waals surface area contributed by atoms with E-state index < -0.39 is 23.3 Å². The molecule has 0 bridgehead atoms. The van der Waals surface area contributed by atoms with Crippen LogP contribution in [0.3, 0.4) is 0 Å². The Hall–Kier alpha value is -2.54. The van der Waals surface area contributed by atoms with Gasteiger partial charge in [-0.15, -0.1) is 11.3 Å². The first-order chi connectivity index (χ1) is 11.9. The van der Waals surface area contributed by atoms with Crippen LogP contribution in [0.15, 0.2) is 36.4 Å². The highest BCUT2D eigenvalue weighted by molar-refractivity contribution is 7.14. The molecule has 0 saturated carbocycles. The van der Waals surface area contributed by atoms with Crippen LogP contribution in [0.1, 0.15) is 33.5 Å². The zero-order valence-electron chi connectivity index (χ0n) is 13.8. The average Bonchev–Trinajstić information content (AvgIpc) is 3.13. The molecule has 1 saturated heterocycles. The van der Waals surface area contributed by atoms with Crippen molar-refractivity contribution in [1.29, 1.82) is 0 Å². The van der Waals surface area contributed by atoms with Crippen molar-refractivity contribution in [3.8, 4) is 0 Å². The molecular formula is C18H17FN2O3S. The predicted octanol–water partition coefficient (Wildman–Crippen LogP) is 3.24. The summed E-state index contributed by atoms with van der Waals surface area (Å²) < 4.78 is 13.2. The van der Waals surface area contributed by atoms with E-state index in [4.69, 9.17) is 0 Å². The van der Waals surface area contributed by atoms with Crippen molar-refractivity contribution >= 4 is 29.1 Å². The zero-order valence-corrected chi connectivity index (χ0v) is 14.7. The van der Waals surface area contributed by atoms with Gasteiger partial charge in [0, 0.05) is 4.88 Å². The molecule has 1 aliphatic rings. The molecule has 1 aliphatic heterocycles. The lowest BCUT2D eigenvalue weighted by Crippen LogP contribution is -2.43. The molecule has 5 nitrogen and oxygen atoms in total. The number of aryl methyl sites for hydroxylation is 1. The van der Waals surface area contributed by atoms with Gasteiger partial charge in [0.05, 0.1) is 11.4 Å². The summed E-state index contributed by atoms with van der Waals surface area (Å²) in [5.41, 5.74) is -0.771. The number of rotatable bonds is 5. The molecule has 3 rings (SSSR count). The minimum atomic E-state index is -1.27. The Kier molecular flexibility index (Phi) is 4.43. The molecule has 1 atom stereocenters. The van der Waals surface area contributed by atoms with E-state index >= 15 is 0 Å². The molecule has 25 heavy (non-hydrogen) atoms. The molecule has 0 unspecified atom stereocenters. The second kappa shape index (κ2) is 6.40. The Morgan fingerprint density at radius 1 is 1.20 bits per heavy atom. The number of hydrogen-bond donors (Lipinski definition) is 1. The van der Waals surface area contributed by atoms with Crippen LogP contribution in [0, 0.1) is 12.7 Å². The summed E-state index contributed by atoms with van der Waals surface area (Å²) in [6, 6.07) is 8.34. The Morgan fingerprint density at radius 3 is 2.44 bits per heavy atom. The number of urea groups is 1. The van der Waals surface area contributed by atoms with Gasteiger partial charge in [-0.1, -0.05) is 19.1 Å². The van der Waals surface area contributed by atoms with Gasteiger partial charge in [0.1, 0.15) is 11.4 Å². The molecule has 1 aromatic heterocycles. The Bertz CT molecular complexity index is 846. The normalized spacial score (nSPS) is 20.0. The lowest BCUT2D eigenvalue weighted by molar-refractivity contribution is -0.131. The van der Waals surface area contributed by atoms with E-state index in [1.807, 2.05) is 13.0 Å². The molecule has 0 radical (unpaired) electrons. The number of thiophene rings is 1. The maximum atomic E-state index is 13.2. The summed E-state index contributed by atoms with van der Waals surface area (Å²) in [6.45, 7) is 3.33. The maximum absolute atomic E-state index is 13.2. The first-order valence-corrected chi connectivity index (χ1v) is 8.69. The van der Waals surface area contributed by atoms with E-state index in [0.717, 1.165) is 9.78 Å². The van der Waals surface area contributed by atoms with Crippen LogP contribution in [0.2, 0.25) is 0 Å². The van der Waals surface area contributed by atoms with Gasteiger partial charge in [-0.05, 0) is 43.2 Å². The number of nitrogens with zero attached hydrogens (tertiary/aromatic N) is 1. The van der Waals surface area contributed by atoms with Crippen molar-refractivity contribution in [2.75, 3.05) is 6.54 Å². The molecule has 2 heterocycles. The third-order valence-electron chi connectivity index (χ3n) is 4.36. The SMILES string of the molecule is CC[C@@]1(c2ccc(F)cc2)NC(=O)N(CC(=O)c2ccc(C)s2)C1=O. The summed E-state index contributed by atoms with van der Waals surface area (Å²) in [5, 5.41) is 2.68. The molecule has 2 aromatic rings. The molecule has 7 heteroatoms. The number of carbonyl (C=O) groups is 3. The van der Waals surface area contributed by atoms with Gasteiger partial charge in [-0.3, -0.25) is 14.5 Å². The lowest BCUT2D eigenvalue weighted by Gasteiger charge is -2.25. The lowest BCUT2D eigenvalue weighted by atomic mass is 9.87. The largest absolute Gasteiger partial charge is 0.325 e. The molecule has 130 valence electrons. The predicted molar refractivity (Wildman–Crippen MR) is 92.0 cm³/mol. The summed E-state index contributed by atoms with van der Waals surface area (Å²) in [6.07, 6.45) is 0.298. The van der Waals surface area contributed by atoms with Gasteiger partial charge in [0.15, 0.2) is 5.78 Å². The Balaban J connectivity index is 1.88. The number of Topliss-reactive ketones (excluding diaryl/α,β-unsaturated/α-hetero) is 1. The second-order valence-electron chi connectivity index (χ2n) is 5.92. The van der Waals surface area contributed by atoms with Crippen LogP contribution in [0.4, 0.5) is 9.18 Å². The second-order valence-corrected chi connectivity index (χ2v) is 7.21. The number of amides is 3. The highest BCUT2D eigenvalue weighted by Gasteiger charge is 2.51. The summed E-state index contributed by atoms with van der Waals surface area (Å²) in [7, 11) is 0. The van der Waals surface area contributed by atoms with Crippen LogP contribution in [0.5, 0.6) is 0 Å². The van der Waals surface area contributed by atoms with Crippen molar-refractivity contribution in [1.82, 2.24) is 10.2 Å². The number of halogens is 1. The third-order valence-corrected chi connectivity index (χ3v) is 5.40. The highest BCUT2D eigenvalue weighted by atomic mass is 32.1. The van der Waals surface area contributed by atoms with Crippen LogP contribution in [0.25, 0.3) is 0 Å². The number of imide groups is 1. The topological polar surface area (TPSA) is 66.5 Å². The number of nitrogens with one attached hydrogen (secondary N) is 1. The standard InChI is InChI=1S/C18H17FN2O3S/c1-3-18(12-5-7-13(19)8-6-12)16(23)21(17(24)20-18)10-14(22)15-9-4-11(2)25-15/h4-9H,3,10H2,1-2H3,(H,20,24)/t18-/m0/s1. The van der Waals surface area contributed by atoms with E-state index in [-0.39, 0.29) is 12.3 Å². The highest BCUT2D eigenvalue weighted by Crippen LogP contribution is 2.32. The summed E-state index contributed by atoms with van der Waals surface area (Å²) in [4.78, 5) is 40.1. The van der Waals surface area contributed by atoms with E-state index in [2.05, 4.69) is 5.32 Å². The quantitative estimate of drug-likeness (QED) is 0.658. The number of carbonyl (C=O) groups excluding carboxylic acids is 3. The number of benzene rings is 1. The fraction of sp³-hybridized carbons (Fsp3) is 0.278. The fourth-order valence-corrected chi connectivity index (χ4v) is 3.75. The van der Waals surface area contributed by atoms with Crippen molar-refractivity contribution < 1.29 is 18.8 Å². The Morgan fingerprint density at radius 2 is 1.88 bits per heavy atom. The maximum Gasteiger partial charge on any atom is 0.325 e. The van der Waals surface area contributed by atoms with E-state index in [9.17, 15) is 18.8 Å². The minimum Gasteiger partial charge on any atom is -0.319 e. The molecule has 1 N–H and O–H groups in total. The van der Waals surface area contributed by atoms with Crippen LogP contribution in [-0.2, 0) is 10.3 Å². The zero-order chi connectivity index (χ0) is 18.2. The number of ketones is 1. The monoisotopic (exact) mass is 360 g/mol. The fourth-order valence-electron chi connectivity index (χ4n) is 2.95. The molecule has 1 aromatic carbocycles. The average molecular weight is 360 g/mol. The van der Waals surface area contributed by atoms with E-state index in [0.29, 0.717) is 16.9 Å². The molecular weight excluding hydrogens is 343 g/mol. The molecule has 0 spiro atoms. The van der Waals surface area contributed by atoms with Crippen LogP contribution < -0.4 is 5.32 Å². The van der Waals surface area contributed by atoms with Crippen LogP contribution in [-0.4, -0.2) is 29.2 Å². The summed E-state index contributed by atoms with van der Waals surface area (Å²) >= 11 is 1.32. The third kappa shape index (κ3) is 2.95. The Labute approximate surface area is 148 Å².